The van der Waals surface area contributed by atoms with Crippen LogP contribution in [0.15, 0.2) is 42.5 Å². The summed E-state index contributed by atoms with van der Waals surface area (Å²) in [4.78, 5) is 11.9. The van der Waals surface area contributed by atoms with E-state index in [1.54, 1.807) is 24.3 Å². The Morgan fingerprint density at radius 1 is 1.17 bits per heavy atom. The highest BCUT2D eigenvalue weighted by molar-refractivity contribution is 5.78. The number of alkyl halides is 2. The second-order valence-corrected chi connectivity index (χ2v) is 4.91. The first kappa shape index (κ1) is 17.7. The molecule has 0 bridgehead atoms. The van der Waals surface area contributed by atoms with E-state index >= 15 is 0 Å². The van der Waals surface area contributed by atoms with E-state index in [1.165, 1.54) is 25.3 Å². The first-order valence-corrected chi connectivity index (χ1v) is 7.11. The van der Waals surface area contributed by atoms with E-state index in [1.807, 2.05) is 0 Å². The van der Waals surface area contributed by atoms with Crippen LogP contribution in [0.2, 0.25) is 0 Å². The van der Waals surface area contributed by atoms with Gasteiger partial charge in [0.2, 0.25) is 5.91 Å². The highest BCUT2D eigenvalue weighted by atomic mass is 19.3. The molecule has 0 aliphatic heterocycles. The Morgan fingerprint density at radius 2 is 1.92 bits per heavy atom. The monoisotopic (exact) mass is 339 g/mol. The predicted octanol–water partition coefficient (Wildman–Crippen LogP) is 3.29. The molecule has 128 valence electrons. The van der Waals surface area contributed by atoms with Crippen molar-refractivity contribution in [2.24, 2.45) is 0 Å². The molecule has 0 unspecified atom stereocenters. The van der Waals surface area contributed by atoms with Crippen LogP contribution in [0, 0.1) is 5.82 Å². The number of carbonyl (C=O) groups is 1. The number of amides is 1. The Hall–Kier alpha value is -2.70. The topological polar surface area (TPSA) is 47.6 Å². The molecular formula is C17H16F3NO3. The fraction of sp³-hybridized carbons (Fsp3) is 0.235. The number of hydrogen-bond acceptors (Lipinski definition) is 3. The second-order valence-electron chi connectivity index (χ2n) is 4.91. The lowest BCUT2D eigenvalue weighted by atomic mass is 10.1. The molecule has 0 radical (unpaired) electrons. The van der Waals surface area contributed by atoms with Crippen molar-refractivity contribution in [3.8, 4) is 11.5 Å². The lowest BCUT2D eigenvalue weighted by Gasteiger charge is -2.11. The number of ether oxygens (including phenoxy) is 2. The molecule has 24 heavy (non-hydrogen) atoms. The third-order valence-corrected chi connectivity index (χ3v) is 3.25. The van der Waals surface area contributed by atoms with Gasteiger partial charge in [-0.3, -0.25) is 4.79 Å². The molecule has 0 aromatic heterocycles. The molecule has 7 heteroatoms. The van der Waals surface area contributed by atoms with Crippen molar-refractivity contribution in [1.82, 2.24) is 5.32 Å². The van der Waals surface area contributed by atoms with Crippen molar-refractivity contribution in [1.29, 1.82) is 0 Å². The van der Waals surface area contributed by atoms with Crippen LogP contribution in [0.25, 0.3) is 0 Å². The standard InChI is InChI=1S/C17H16F3NO3/c1-23-15-7-6-11(8-13(15)18)9-16(22)21-10-12-4-2-3-5-14(12)24-17(19)20/h2-8,17H,9-10H2,1H3,(H,21,22). The SMILES string of the molecule is COc1ccc(CC(=O)NCc2ccccc2OC(F)F)cc1F. The third kappa shape index (κ3) is 4.91. The molecule has 4 nitrogen and oxygen atoms in total. The Balaban J connectivity index is 1.95. The van der Waals surface area contributed by atoms with E-state index in [2.05, 4.69) is 10.1 Å². The van der Waals surface area contributed by atoms with Gasteiger partial charge in [0.25, 0.3) is 0 Å². The summed E-state index contributed by atoms with van der Waals surface area (Å²) < 4.78 is 47.4. The molecule has 0 aliphatic rings. The Kier molecular flexibility index (Phi) is 6.06. The lowest BCUT2D eigenvalue weighted by molar-refractivity contribution is -0.120. The third-order valence-electron chi connectivity index (χ3n) is 3.25. The van der Waals surface area contributed by atoms with Crippen LogP contribution >= 0.6 is 0 Å². The summed E-state index contributed by atoms with van der Waals surface area (Å²) in [6, 6.07) is 10.4. The van der Waals surface area contributed by atoms with E-state index in [0.29, 0.717) is 11.1 Å². The number of halogens is 3. The van der Waals surface area contributed by atoms with E-state index in [4.69, 9.17) is 4.74 Å². The number of methoxy groups -OCH3 is 1. The smallest absolute Gasteiger partial charge is 0.387 e. The normalized spacial score (nSPS) is 10.5. The van der Waals surface area contributed by atoms with Crippen LogP contribution < -0.4 is 14.8 Å². The van der Waals surface area contributed by atoms with Gasteiger partial charge in [0.05, 0.1) is 13.5 Å². The van der Waals surface area contributed by atoms with Crippen molar-refractivity contribution < 1.29 is 27.4 Å². The summed E-state index contributed by atoms with van der Waals surface area (Å²) in [6.07, 6.45) is -0.0429. The van der Waals surface area contributed by atoms with Gasteiger partial charge in [-0.2, -0.15) is 8.78 Å². The van der Waals surface area contributed by atoms with Crippen molar-refractivity contribution in [2.75, 3.05) is 7.11 Å². The summed E-state index contributed by atoms with van der Waals surface area (Å²) in [5, 5.41) is 2.59. The largest absolute Gasteiger partial charge is 0.494 e. The number of para-hydroxylation sites is 1. The van der Waals surface area contributed by atoms with E-state index in [9.17, 15) is 18.0 Å². The van der Waals surface area contributed by atoms with E-state index < -0.39 is 12.4 Å². The number of hydrogen-bond donors (Lipinski definition) is 1. The summed E-state index contributed by atoms with van der Waals surface area (Å²) in [5.74, 6) is -0.828. The lowest BCUT2D eigenvalue weighted by Crippen LogP contribution is -2.25. The average molecular weight is 339 g/mol. The van der Waals surface area contributed by atoms with Gasteiger partial charge in [-0.1, -0.05) is 24.3 Å². The minimum Gasteiger partial charge on any atom is -0.494 e. The van der Waals surface area contributed by atoms with Gasteiger partial charge in [-0.15, -0.1) is 0 Å². The van der Waals surface area contributed by atoms with Gasteiger partial charge in [-0.25, -0.2) is 4.39 Å². The molecular weight excluding hydrogens is 323 g/mol. The van der Waals surface area contributed by atoms with Crippen LogP contribution in [0.3, 0.4) is 0 Å². The summed E-state index contributed by atoms with van der Waals surface area (Å²) >= 11 is 0. The molecule has 2 rings (SSSR count). The van der Waals surface area contributed by atoms with Crippen molar-refractivity contribution in [3.05, 3.63) is 59.4 Å². The van der Waals surface area contributed by atoms with Crippen molar-refractivity contribution in [2.45, 2.75) is 19.6 Å². The predicted molar refractivity (Wildman–Crippen MR) is 81.6 cm³/mol. The van der Waals surface area contributed by atoms with E-state index in [-0.39, 0.29) is 30.4 Å². The zero-order valence-corrected chi connectivity index (χ0v) is 12.9. The zero-order valence-electron chi connectivity index (χ0n) is 12.9. The van der Waals surface area contributed by atoms with Crippen LogP contribution in [-0.4, -0.2) is 19.6 Å². The number of nitrogens with one attached hydrogen (secondary N) is 1. The first-order valence-electron chi connectivity index (χ1n) is 7.11. The van der Waals surface area contributed by atoms with Gasteiger partial charge >= 0.3 is 6.61 Å². The molecule has 0 heterocycles. The maximum Gasteiger partial charge on any atom is 0.387 e. The van der Waals surface area contributed by atoms with Gasteiger partial charge < -0.3 is 14.8 Å². The fourth-order valence-electron chi connectivity index (χ4n) is 2.12. The zero-order chi connectivity index (χ0) is 17.5. The van der Waals surface area contributed by atoms with Gasteiger partial charge in [-0.05, 0) is 23.8 Å². The molecule has 1 amide bonds. The molecule has 0 aliphatic carbocycles. The maximum atomic E-state index is 13.6. The molecule has 2 aromatic rings. The summed E-state index contributed by atoms with van der Waals surface area (Å²) in [5.41, 5.74) is 0.898. The van der Waals surface area contributed by atoms with Gasteiger partial charge in [0.15, 0.2) is 11.6 Å². The van der Waals surface area contributed by atoms with E-state index in [0.717, 1.165) is 0 Å². The fourth-order valence-corrected chi connectivity index (χ4v) is 2.12. The van der Waals surface area contributed by atoms with Gasteiger partial charge in [0, 0.05) is 12.1 Å². The quantitative estimate of drug-likeness (QED) is 0.842. The number of carbonyl (C=O) groups excluding carboxylic acids is 1. The van der Waals surface area contributed by atoms with Crippen molar-refractivity contribution >= 4 is 5.91 Å². The number of benzene rings is 2. The van der Waals surface area contributed by atoms with Crippen LogP contribution in [0.4, 0.5) is 13.2 Å². The van der Waals surface area contributed by atoms with Crippen LogP contribution in [0.5, 0.6) is 11.5 Å². The molecule has 2 aromatic carbocycles. The highest BCUT2D eigenvalue weighted by Gasteiger charge is 2.11. The molecule has 0 atom stereocenters. The minimum absolute atomic E-state index is 0.00305. The average Bonchev–Trinajstić information content (AvgIpc) is 2.54. The van der Waals surface area contributed by atoms with Crippen LogP contribution in [0.1, 0.15) is 11.1 Å². The molecule has 1 N–H and O–H groups in total. The molecule has 0 saturated heterocycles. The Labute approximate surface area is 137 Å². The highest BCUT2D eigenvalue weighted by Crippen LogP contribution is 2.20. The first-order chi connectivity index (χ1) is 11.5. The minimum atomic E-state index is -2.94. The molecule has 0 spiro atoms. The number of rotatable bonds is 7. The molecule has 0 fully saturated rings. The van der Waals surface area contributed by atoms with Gasteiger partial charge in [0.1, 0.15) is 5.75 Å². The summed E-state index contributed by atoms with van der Waals surface area (Å²) in [6.45, 7) is -2.91. The Bertz CT molecular complexity index is 707. The Morgan fingerprint density at radius 3 is 2.58 bits per heavy atom. The summed E-state index contributed by atoms with van der Waals surface area (Å²) in [7, 11) is 1.35. The second kappa shape index (κ2) is 8.24. The molecule has 0 saturated carbocycles. The maximum absolute atomic E-state index is 13.6. The van der Waals surface area contributed by atoms with Crippen LogP contribution in [-0.2, 0) is 17.8 Å². The van der Waals surface area contributed by atoms with Crippen molar-refractivity contribution in [3.63, 3.8) is 0 Å².